The van der Waals surface area contributed by atoms with Crippen LogP contribution < -0.4 is 14.8 Å². The summed E-state index contributed by atoms with van der Waals surface area (Å²) in [7, 11) is 0. The number of hydrogen-bond acceptors (Lipinski definition) is 4. The van der Waals surface area contributed by atoms with Gasteiger partial charge in [-0.2, -0.15) is 0 Å². The van der Waals surface area contributed by atoms with E-state index in [2.05, 4.69) is 25.2 Å². The molecule has 2 fully saturated rings. The van der Waals surface area contributed by atoms with Gasteiger partial charge in [0.05, 0.1) is 6.10 Å². The molecule has 4 nitrogen and oxygen atoms in total. The van der Waals surface area contributed by atoms with Crippen LogP contribution in [0.1, 0.15) is 25.8 Å². The molecule has 0 aromatic heterocycles. The molecule has 2 aliphatic heterocycles. The summed E-state index contributed by atoms with van der Waals surface area (Å²) in [6.45, 7) is 6.66. The Hall–Kier alpha value is -1.26. The predicted molar refractivity (Wildman–Crippen MR) is 74.8 cm³/mol. The van der Waals surface area contributed by atoms with Crippen LogP contribution in [-0.2, 0) is 11.3 Å². The Bertz CT molecular complexity index is 528. The average Bonchev–Trinajstić information content (AvgIpc) is 3.05. The molecule has 1 N–H and O–H groups in total. The Morgan fingerprint density at radius 2 is 2.20 bits per heavy atom. The summed E-state index contributed by atoms with van der Waals surface area (Å²) in [6.07, 6.45) is 1.61. The molecule has 4 rings (SSSR count). The van der Waals surface area contributed by atoms with Crippen LogP contribution in [-0.4, -0.2) is 25.5 Å². The van der Waals surface area contributed by atoms with Crippen molar-refractivity contribution in [2.45, 2.75) is 39.0 Å². The van der Waals surface area contributed by atoms with Gasteiger partial charge in [0.1, 0.15) is 0 Å². The third-order valence-electron chi connectivity index (χ3n) is 5.09. The molecular weight excluding hydrogens is 254 g/mol. The predicted octanol–water partition coefficient (Wildman–Crippen LogP) is 2.32. The molecule has 2 heterocycles. The monoisotopic (exact) mass is 275 g/mol. The van der Waals surface area contributed by atoms with Gasteiger partial charge in [-0.25, -0.2) is 0 Å². The maximum atomic E-state index is 5.84. The van der Waals surface area contributed by atoms with Crippen LogP contribution in [0, 0.1) is 11.3 Å². The largest absolute Gasteiger partial charge is 0.454 e. The second-order valence-corrected chi connectivity index (χ2v) is 6.57. The molecule has 1 saturated carbocycles. The molecule has 1 aliphatic carbocycles. The first-order valence-corrected chi connectivity index (χ1v) is 7.40. The highest BCUT2D eigenvalue weighted by Crippen LogP contribution is 2.52. The van der Waals surface area contributed by atoms with E-state index < -0.39 is 0 Å². The molecule has 0 bridgehead atoms. The van der Waals surface area contributed by atoms with Crippen LogP contribution in [0.3, 0.4) is 0 Å². The molecule has 108 valence electrons. The lowest BCUT2D eigenvalue weighted by molar-refractivity contribution is -0.113. The molecule has 0 radical (unpaired) electrons. The van der Waals surface area contributed by atoms with E-state index in [4.69, 9.17) is 14.2 Å². The highest BCUT2D eigenvalue weighted by Gasteiger charge is 2.58. The highest BCUT2D eigenvalue weighted by molar-refractivity contribution is 5.48. The molecule has 3 atom stereocenters. The number of ether oxygens (including phenoxy) is 3. The Morgan fingerprint density at radius 3 is 3.10 bits per heavy atom. The van der Waals surface area contributed by atoms with Crippen molar-refractivity contribution < 1.29 is 14.2 Å². The van der Waals surface area contributed by atoms with E-state index in [-0.39, 0.29) is 5.41 Å². The molecule has 20 heavy (non-hydrogen) atoms. The molecule has 3 unspecified atom stereocenters. The fourth-order valence-electron chi connectivity index (χ4n) is 4.09. The van der Waals surface area contributed by atoms with Crippen molar-refractivity contribution in [2.24, 2.45) is 11.3 Å². The quantitative estimate of drug-likeness (QED) is 0.919. The Kier molecular flexibility index (Phi) is 2.72. The van der Waals surface area contributed by atoms with E-state index in [1.54, 1.807) is 0 Å². The number of rotatable bonds is 3. The molecule has 1 aromatic carbocycles. The van der Waals surface area contributed by atoms with Gasteiger partial charge in [-0.3, -0.25) is 0 Å². The van der Waals surface area contributed by atoms with Crippen molar-refractivity contribution in [1.82, 2.24) is 5.32 Å². The zero-order chi connectivity index (χ0) is 13.7. The van der Waals surface area contributed by atoms with E-state index in [0.29, 0.717) is 24.9 Å². The number of benzene rings is 1. The van der Waals surface area contributed by atoms with Crippen LogP contribution in [0.2, 0.25) is 0 Å². The Balaban J connectivity index is 1.48. The summed E-state index contributed by atoms with van der Waals surface area (Å²) in [5.74, 6) is 2.43. The van der Waals surface area contributed by atoms with Crippen molar-refractivity contribution in [3.8, 4) is 11.5 Å². The maximum Gasteiger partial charge on any atom is 0.231 e. The Labute approximate surface area is 119 Å². The van der Waals surface area contributed by atoms with Gasteiger partial charge in [0, 0.05) is 36.1 Å². The van der Waals surface area contributed by atoms with Gasteiger partial charge in [0.2, 0.25) is 6.79 Å². The fourth-order valence-corrected chi connectivity index (χ4v) is 4.09. The number of fused-ring (bicyclic) bond motifs is 2. The topological polar surface area (TPSA) is 39.7 Å². The van der Waals surface area contributed by atoms with E-state index in [0.717, 1.165) is 24.7 Å². The van der Waals surface area contributed by atoms with E-state index >= 15 is 0 Å². The molecule has 1 aromatic rings. The summed E-state index contributed by atoms with van der Waals surface area (Å²) in [5, 5.41) is 3.71. The van der Waals surface area contributed by atoms with Gasteiger partial charge in [-0.15, -0.1) is 0 Å². The number of hydrogen-bond donors (Lipinski definition) is 1. The first kappa shape index (κ1) is 12.5. The van der Waals surface area contributed by atoms with Crippen LogP contribution in [0.5, 0.6) is 11.5 Å². The van der Waals surface area contributed by atoms with Gasteiger partial charge < -0.3 is 19.5 Å². The summed E-state index contributed by atoms with van der Waals surface area (Å²) >= 11 is 0. The second-order valence-electron chi connectivity index (χ2n) is 6.57. The third kappa shape index (κ3) is 1.68. The van der Waals surface area contributed by atoms with Crippen LogP contribution in [0.4, 0.5) is 0 Å². The minimum Gasteiger partial charge on any atom is -0.454 e. The first-order chi connectivity index (χ1) is 9.68. The van der Waals surface area contributed by atoms with E-state index in [1.807, 2.05) is 12.1 Å². The summed E-state index contributed by atoms with van der Waals surface area (Å²) in [6, 6.07) is 6.61. The molecular formula is C16H21NO3. The second kappa shape index (κ2) is 4.37. The summed E-state index contributed by atoms with van der Waals surface area (Å²) in [4.78, 5) is 0. The number of nitrogens with one attached hydrogen (secondary N) is 1. The highest BCUT2D eigenvalue weighted by atomic mass is 16.7. The SMILES string of the molecule is CC1(C)C(NCc2cccc3c2OCO3)C2CCOC21. The zero-order valence-corrected chi connectivity index (χ0v) is 12.0. The lowest BCUT2D eigenvalue weighted by Gasteiger charge is -2.55. The van der Waals surface area contributed by atoms with Gasteiger partial charge in [0.25, 0.3) is 0 Å². The normalized spacial score (nSPS) is 32.8. The maximum absolute atomic E-state index is 5.84. The van der Waals surface area contributed by atoms with Gasteiger partial charge in [0.15, 0.2) is 11.5 Å². The first-order valence-electron chi connectivity index (χ1n) is 7.40. The lowest BCUT2D eigenvalue weighted by atomic mass is 9.57. The average molecular weight is 275 g/mol. The minimum atomic E-state index is 0.219. The van der Waals surface area contributed by atoms with Crippen molar-refractivity contribution in [2.75, 3.05) is 13.4 Å². The van der Waals surface area contributed by atoms with E-state index in [9.17, 15) is 0 Å². The molecule has 4 heteroatoms. The van der Waals surface area contributed by atoms with Gasteiger partial charge >= 0.3 is 0 Å². The third-order valence-corrected chi connectivity index (χ3v) is 5.09. The minimum absolute atomic E-state index is 0.219. The molecule has 3 aliphatic rings. The molecule has 0 amide bonds. The number of para-hydroxylation sites is 1. The van der Waals surface area contributed by atoms with Crippen molar-refractivity contribution in [3.05, 3.63) is 23.8 Å². The van der Waals surface area contributed by atoms with E-state index in [1.165, 1.54) is 12.0 Å². The van der Waals surface area contributed by atoms with Crippen molar-refractivity contribution in [3.63, 3.8) is 0 Å². The van der Waals surface area contributed by atoms with Crippen molar-refractivity contribution >= 4 is 0 Å². The smallest absolute Gasteiger partial charge is 0.231 e. The van der Waals surface area contributed by atoms with Gasteiger partial charge in [-0.05, 0) is 12.5 Å². The lowest BCUT2D eigenvalue weighted by Crippen LogP contribution is -2.65. The molecule has 0 spiro atoms. The van der Waals surface area contributed by atoms with Crippen molar-refractivity contribution in [1.29, 1.82) is 0 Å². The van der Waals surface area contributed by atoms with Gasteiger partial charge in [-0.1, -0.05) is 26.0 Å². The van der Waals surface area contributed by atoms with Crippen LogP contribution in [0.15, 0.2) is 18.2 Å². The summed E-state index contributed by atoms with van der Waals surface area (Å²) in [5.41, 5.74) is 1.40. The Morgan fingerprint density at radius 1 is 1.30 bits per heavy atom. The molecule has 1 saturated heterocycles. The van der Waals surface area contributed by atoms with Crippen LogP contribution >= 0.6 is 0 Å². The summed E-state index contributed by atoms with van der Waals surface area (Å²) < 4.78 is 16.8. The fraction of sp³-hybridized carbons (Fsp3) is 0.625. The van der Waals surface area contributed by atoms with Crippen LogP contribution in [0.25, 0.3) is 0 Å². The zero-order valence-electron chi connectivity index (χ0n) is 12.0. The standard InChI is InChI=1S/C16H21NO3/c1-16(2)14(11-6-7-18-15(11)16)17-8-10-4-3-5-12-13(10)20-9-19-12/h3-5,11,14-15,17H,6-9H2,1-2H3.